The van der Waals surface area contributed by atoms with Gasteiger partial charge in [-0.15, -0.1) is 0 Å². The number of nitrogens with zero attached hydrogens (tertiary/aromatic N) is 1. The molecule has 0 unspecified atom stereocenters. The van der Waals surface area contributed by atoms with Gasteiger partial charge in [0.25, 0.3) is 11.1 Å². The molecule has 196 valence electrons. The summed E-state index contributed by atoms with van der Waals surface area (Å²) in [5, 5.41) is 1.26. The van der Waals surface area contributed by atoms with Crippen LogP contribution in [0.25, 0.3) is 6.08 Å². The molecule has 0 saturated carbocycles. The van der Waals surface area contributed by atoms with Crippen LogP contribution in [0.3, 0.4) is 0 Å². The van der Waals surface area contributed by atoms with Crippen LogP contribution in [0.4, 0.5) is 23.7 Å². The fourth-order valence-corrected chi connectivity index (χ4v) is 4.12. The molecule has 0 radical (unpaired) electrons. The third kappa shape index (κ3) is 6.54. The van der Waals surface area contributed by atoms with Crippen LogP contribution in [0.15, 0.2) is 29.2 Å². The lowest BCUT2D eigenvalue weighted by molar-refractivity contribution is -0.143. The van der Waals surface area contributed by atoms with Crippen molar-refractivity contribution in [1.29, 1.82) is 0 Å². The van der Waals surface area contributed by atoms with E-state index in [0.29, 0.717) is 28.3 Å². The molecule has 1 N–H and O–H groups in total. The Morgan fingerprint density at radius 3 is 2.54 bits per heavy atom. The largest absolute Gasteiger partial charge is 0.490 e. The zero-order chi connectivity index (χ0) is 27.3. The van der Waals surface area contributed by atoms with Crippen molar-refractivity contribution in [3.63, 3.8) is 0 Å². The summed E-state index contributed by atoms with van der Waals surface area (Å²) in [7, 11) is 1.19. The van der Waals surface area contributed by atoms with Gasteiger partial charge >= 0.3 is 5.97 Å². The first-order valence-corrected chi connectivity index (χ1v) is 11.6. The van der Waals surface area contributed by atoms with E-state index in [4.69, 9.17) is 21.1 Å². The Balaban J connectivity index is 1.77. The van der Waals surface area contributed by atoms with Crippen molar-refractivity contribution in [2.75, 3.05) is 32.2 Å². The van der Waals surface area contributed by atoms with Gasteiger partial charge in [-0.3, -0.25) is 19.3 Å². The number of carbonyl (C=O) groups excluding carboxylic acids is 4. The monoisotopic (exact) mass is 558 g/mol. The molecular weight excluding hydrogens is 541 g/mol. The quantitative estimate of drug-likeness (QED) is 0.274. The number of anilines is 1. The number of hydrogen-bond acceptors (Lipinski definition) is 8. The molecule has 0 spiro atoms. The average molecular weight is 559 g/mol. The molecule has 3 amide bonds. The number of thioether (sulfide) groups is 1. The lowest BCUT2D eigenvalue weighted by atomic mass is 10.1. The minimum atomic E-state index is -1.78. The Bertz CT molecular complexity index is 1310. The van der Waals surface area contributed by atoms with Gasteiger partial charge in [-0.2, -0.15) is 0 Å². The van der Waals surface area contributed by atoms with Crippen LogP contribution >= 0.6 is 23.4 Å². The number of benzene rings is 2. The Kier molecular flexibility index (Phi) is 9.05. The maximum atomic E-state index is 13.8. The average Bonchev–Trinajstić information content (AvgIpc) is 3.11. The molecule has 1 fully saturated rings. The van der Waals surface area contributed by atoms with Gasteiger partial charge in [-0.1, -0.05) is 11.6 Å². The minimum absolute atomic E-state index is 0.0493. The van der Waals surface area contributed by atoms with Gasteiger partial charge in [0, 0.05) is 0 Å². The van der Waals surface area contributed by atoms with E-state index in [2.05, 4.69) is 4.74 Å². The van der Waals surface area contributed by atoms with E-state index in [0.717, 1.165) is 6.07 Å². The molecule has 1 heterocycles. The van der Waals surface area contributed by atoms with Gasteiger partial charge in [0.15, 0.2) is 35.6 Å². The number of amides is 3. The molecule has 2 aromatic carbocycles. The second-order valence-electron chi connectivity index (χ2n) is 7.17. The summed E-state index contributed by atoms with van der Waals surface area (Å²) in [6, 6.07) is 4.29. The van der Waals surface area contributed by atoms with Crippen molar-refractivity contribution in [3.05, 3.63) is 57.2 Å². The molecule has 0 aliphatic carbocycles. The van der Waals surface area contributed by atoms with Crippen molar-refractivity contribution in [2.24, 2.45) is 0 Å². The molecular formula is C23H18ClF3N2O7S. The highest BCUT2D eigenvalue weighted by Gasteiger charge is 2.36. The summed E-state index contributed by atoms with van der Waals surface area (Å²) in [5.74, 6) is -7.09. The number of nitrogens with one attached hydrogen (secondary N) is 1. The summed E-state index contributed by atoms with van der Waals surface area (Å²) in [5.41, 5.74) is -0.309. The van der Waals surface area contributed by atoms with Crippen LogP contribution in [-0.4, -0.2) is 54.8 Å². The number of methoxy groups -OCH3 is 1. The third-order valence-electron chi connectivity index (χ3n) is 4.68. The fraction of sp³-hybridized carbons (Fsp3) is 0.217. The number of ether oxygens (including phenoxy) is 3. The number of esters is 1. The molecule has 0 atom stereocenters. The second-order valence-corrected chi connectivity index (χ2v) is 8.57. The van der Waals surface area contributed by atoms with Crippen molar-refractivity contribution in [3.8, 4) is 11.5 Å². The first-order valence-electron chi connectivity index (χ1n) is 10.4. The number of hydrogen-bond donors (Lipinski definition) is 1. The standard InChI is InChI=1S/C23H18ClF3N2O7S/c1-3-35-15-7-11(6-12(24)21(15)36-10-18(31)34-2)8-16-22(32)29(23(33)37-16)9-17(30)28-14-5-4-13(25)19(26)20(14)27/h4-8H,3,9-10H2,1-2H3,(H,28,30)/b16-8-. The normalized spacial score (nSPS) is 14.2. The summed E-state index contributed by atoms with van der Waals surface area (Å²) < 4.78 is 55.6. The number of carbonyl (C=O) groups is 4. The maximum absolute atomic E-state index is 13.8. The predicted molar refractivity (Wildman–Crippen MR) is 128 cm³/mol. The van der Waals surface area contributed by atoms with Crippen LogP contribution in [0.1, 0.15) is 12.5 Å². The van der Waals surface area contributed by atoms with Crippen molar-refractivity contribution < 1.29 is 46.6 Å². The van der Waals surface area contributed by atoms with Crippen LogP contribution in [0, 0.1) is 17.5 Å². The van der Waals surface area contributed by atoms with E-state index in [9.17, 15) is 32.3 Å². The Morgan fingerprint density at radius 2 is 1.86 bits per heavy atom. The van der Waals surface area contributed by atoms with E-state index in [1.165, 1.54) is 25.3 Å². The maximum Gasteiger partial charge on any atom is 0.343 e. The van der Waals surface area contributed by atoms with E-state index < -0.39 is 59.3 Å². The van der Waals surface area contributed by atoms with Gasteiger partial charge < -0.3 is 19.5 Å². The summed E-state index contributed by atoms with van der Waals surface area (Å²) in [4.78, 5) is 49.3. The zero-order valence-corrected chi connectivity index (χ0v) is 20.8. The van der Waals surface area contributed by atoms with Gasteiger partial charge in [0.2, 0.25) is 5.91 Å². The smallest absolute Gasteiger partial charge is 0.343 e. The second kappa shape index (κ2) is 12.0. The highest BCUT2D eigenvalue weighted by molar-refractivity contribution is 8.18. The lowest BCUT2D eigenvalue weighted by Crippen LogP contribution is -2.36. The molecule has 0 bridgehead atoms. The van der Waals surface area contributed by atoms with Crippen molar-refractivity contribution in [1.82, 2.24) is 4.90 Å². The van der Waals surface area contributed by atoms with E-state index in [1.54, 1.807) is 6.92 Å². The third-order valence-corrected chi connectivity index (χ3v) is 5.86. The molecule has 1 saturated heterocycles. The Morgan fingerprint density at radius 1 is 1.14 bits per heavy atom. The lowest BCUT2D eigenvalue weighted by Gasteiger charge is -2.14. The predicted octanol–water partition coefficient (Wildman–Crippen LogP) is 4.38. The summed E-state index contributed by atoms with van der Waals surface area (Å²) >= 11 is 6.80. The molecule has 14 heteroatoms. The van der Waals surface area contributed by atoms with Gasteiger partial charge in [0.05, 0.1) is 29.3 Å². The molecule has 1 aliphatic heterocycles. The van der Waals surface area contributed by atoms with E-state index in [1.807, 2.05) is 5.32 Å². The first-order chi connectivity index (χ1) is 17.5. The number of imide groups is 1. The van der Waals surface area contributed by atoms with Gasteiger partial charge in [0.1, 0.15) is 6.54 Å². The molecule has 3 rings (SSSR count). The molecule has 1 aliphatic rings. The molecule has 2 aromatic rings. The minimum Gasteiger partial charge on any atom is -0.490 e. The van der Waals surface area contributed by atoms with Crippen LogP contribution in [-0.2, 0) is 19.1 Å². The van der Waals surface area contributed by atoms with Gasteiger partial charge in [-0.05, 0) is 54.6 Å². The van der Waals surface area contributed by atoms with E-state index >= 15 is 0 Å². The Labute approximate surface area is 217 Å². The SMILES string of the molecule is CCOc1cc(/C=C2\SC(=O)N(CC(=O)Nc3ccc(F)c(F)c3F)C2=O)cc(Cl)c1OCC(=O)OC. The highest BCUT2D eigenvalue weighted by atomic mass is 35.5. The molecule has 37 heavy (non-hydrogen) atoms. The number of rotatable bonds is 9. The van der Waals surface area contributed by atoms with Crippen LogP contribution in [0.5, 0.6) is 11.5 Å². The molecule has 0 aromatic heterocycles. The summed E-state index contributed by atoms with van der Waals surface area (Å²) in [6.45, 7) is 0.697. The topological polar surface area (TPSA) is 111 Å². The van der Waals surface area contributed by atoms with Gasteiger partial charge in [-0.25, -0.2) is 18.0 Å². The van der Waals surface area contributed by atoms with Crippen molar-refractivity contribution in [2.45, 2.75) is 6.92 Å². The van der Waals surface area contributed by atoms with Crippen LogP contribution in [0.2, 0.25) is 5.02 Å². The van der Waals surface area contributed by atoms with E-state index in [-0.39, 0.29) is 28.0 Å². The Hall–Kier alpha value is -3.71. The zero-order valence-electron chi connectivity index (χ0n) is 19.2. The highest BCUT2D eigenvalue weighted by Crippen LogP contribution is 2.39. The summed E-state index contributed by atoms with van der Waals surface area (Å²) in [6.07, 6.45) is 1.33. The fourth-order valence-electron chi connectivity index (χ4n) is 3.01. The number of halogens is 4. The van der Waals surface area contributed by atoms with Crippen LogP contribution < -0.4 is 14.8 Å². The van der Waals surface area contributed by atoms with Crippen molar-refractivity contribution >= 4 is 58.1 Å². The molecule has 9 nitrogen and oxygen atoms in total. The first kappa shape index (κ1) is 27.9.